The number of rotatable bonds is 2. The Hall–Kier alpha value is -1.97. The zero-order valence-corrected chi connectivity index (χ0v) is 9.90. The minimum absolute atomic E-state index is 0.686. The molecule has 0 saturated heterocycles. The van der Waals surface area contributed by atoms with Crippen molar-refractivity contribution in [2.45, 2.75) is 26.8 Å². The first-order valence-electron chi connectivity index (χ1n) is 5.64. The van der Waals surface area contributed by atoms with Crippen LogP contribution in [-0.4, -0.2) is 15.9 Å². The van der Waals surface area contributed by atoms with E-state index in [-0.39, 0.29) is 0 Å². The van der Waals surface area contributed by atoms with Crippen molar-refractivity contribution in [2.24, 2.45) is 4.99 Å². The summed E-state index contributed by atoms with van der Waals surface area (Å²) in [7, 11) is 0. The third-order valence-corrected chi connectivity index (χ3v) is 3.09. The second-order valence-electron chi connectivity index (χ2n) is 4.24. The maximum Gasteiger partial charge on any atom is 0.109 e. The molecule has 2 aromatic rings. The normalized spacial score (nSPS) is 13.6. The first kappa shape index (κ1) is 10.2. The van der Waals surface area contributed by atoms with Crippen LogP contribution in [0.1, 0.15) is 35.2 Å². The molecule has 0 radical (unpaired) electrons. The molecule has 86 valence electrons. The maximum atomic E-state index is 5.35. The van der Waals surface area contributed by atoms with Crippen molar-refractivity contribution in [2.75, 3.05) is 0 Å². The van der Waals surface area contributed by atoms with Gasteiger partial charge < -0.3 is 4.42 Å². The lowest BCUT2D eigenvalue weighted by Crippen LogP contribution is -2.07. The average Bonchev–Trinajstić information content (AvgIpc) is 2.93. The van der Waals surface area contributed by atoms with Gasteiger partial charge in [-0.1, -0.05) is 0 Å². The Morgan fingerprint density at radius 3 is 2.94 bits per heavy atom. The van der Waals surface area contributed by atoms with E-state index in [4.69, 9.17) is 4.42 Å². The van der Waals surface area contributed by atoms with Gasteiger partial charge in [0.05, 0.1) is 30.6 Å². The third-order valence-electron chi connectivity index (χ3n) is 3.09. The molecule has 3 rings (SSSR count). The van der Waals surface area contributed by atoms with Gasteiger partial charge in [0.2, 0.25) is 0 Å². The molecular weight excluding hydrogens is 214 g/mol. The minimum Gasteiger partial charge on any atom is -0.469 e. The van der Waals surface area contributed by atoms with Gasteiger partial charge in [-0.05, 0) is 26.0 Å². The lowest BCUT2D eigenvalue weighted by molar-refractivity contribution is 0.517. The van der Waals surface area contributed by atoms with Gasteiger partial charge in [0.1, 0.15) is 5.76 Å². The maximum absolute atomic E-state index is 5.35. The Morgan fingerprint density at radius 2 is 2.18 bits per heavy atom. The Morgan fingerprint density at radius 1 is 1.29 bits per heavy atom. The summed E-state index contributed by atoms with van der Waals surface area (Å²) in [5.41, 5.74) is 5.36. The second kappa shape index (κ2) is 3.80. The van der Waals surface area contributed by atoms with E-state index in [0.29, 0.717) is 13.0 Å². The van der Waals surface area contributed by atoms with Crippen molar-refractivity contribution in [3.05, 3.63) is 46.7 Å². The summed E-state index contributed by atoms with van der Waals surface area (Å²) in [4.78, 5) is 4.46. The van der Waals surface area contributed by atoms with Crippen molar-refractivity contribution in [1.82, 2.24) is 10.2 Å². The molecule has 2 aromatic heterocycles. The Balaban J connectivity index is 2.03. The van der Waals surface area contributed by atoms with Gasteiger partial charge in [-0.2, -0.15) is 10.2 Å². The van der Waals surface area contributed by atoms with E-state index in [1.54, 1.807) is 6.26 Å². The molecule has 17 heavy (non-hydrogen) atoms. The number of hydrogen-bond acceptors (Lipinski definition) is 4. The van der Waals surface area contributed by atoms with Gasteiger partial charge in [0, 0.05) is 16.8 Å². The molecule has 4 heteroatoms. The van der Waals surface area contributed by atoms with Gasteiger partial charge in [-0.25, -0.2) is 0 Å². The summed E-state index contributed by atoms with van der Waals surface area (Å²) in [6, 6.07) is 3.84. The summed E-state index contributed by atoms with van der Waals surface area (Å²) in [6.45, 7) is 4.72. The smallest absolute Gasteiger partial charge is 0.109 e. The number of aryl methyl sites for hydroxylation is 1. The Labute approximate surface area is 99.4 Å². The number of nitrogens with zero attached hydrogens (tertiary/aromatic N) is 3. The zero-order chi connectivity index (χ0) is 11.8. The van der Waals surface area contributed by atoms with E-state index in [2.05, 4.69) is 15.2 Å². The summed E-state index contributed by atoms with van der Waals surface area (Å²) in [5.74, 6) is 0.912. The first-order valence-corrected chi connectivity index (χ1v) is 5.64. The van der Waals surface area contributed by atoms with Crippen LogP contribution in [0.4, 0.5) is 0 Å². The molecule has 4 nitrogen and oxygen atoms in total. The summed E-state index contributed by atoms with van der Waals surface area (Å²) in [6.07, 6.45) is 2.37. The molecule has 0 saturated carbocycles. The molecule has 0 unspecified atom stereocenters. The Bertz CT molecular complexity index is 585. The van der Waals surface area contributed by atoms with Crippen LogP contribution in [0, 0.1) is 6.92 Å². The first-order chi connectivity index (χ1) is 8.25. The van der Waals surface area contributed by atoms with Gasteiger partial charge in [-0.3, -0.25) is 4.99 Å². The van der Waals surface area contributed by atoms with E-state index < -0.39 is 0 Å². The van der Waals surface area contributed by atoms with Crippen LogP contribution in [0.2, 0.25) is 0 Å². The SMILES string of the molecule is CC1=NCc2c(Cc3ccco3)nnc(C)c21. The van der Waals surface area contributed by atoms with Crippen LogP contribution in [0.25, 0.3) is 0 Å². The van der Waals surface area contributed by atoms with Gasteiger partial charge >= 0.3 is 0 Å². The molecule has 0 aliphatic carbocycles. The summed E-state index contributed by atoms with van der Waals surface area (Å²) in [5, 5.41) is 8.49. The molecule has 0 bridgehead atoms. The van der Waals surface area contributed by atoms with E-state index in [0.717, 1.165) is 22.9 Å². The molecular formula is C13H13N3O. The van der Waals surface area contributed by atoms with Crippen molar-refractivity contribution in [3.63, 3.8) is 0 Å². The van der Waals surface area contributed by atoms with Crippen LogP contribution in [0.15, 0.2) is 27.8 Å². The predicted molar refractivity (Wildman–Crippen MR) is 64.2 cm³/mol. The number of aliphatic imine (C=N–C) groups is 1. The van der Waals surface area contributed by atoms with Gasteiger partial charge in [-0.15, -0.1) is 0 Å². The zero-order valence-electron chi connectivity index (χ0n) is 9.90. The summed E-state index contributed by atoms with van der Waals surface area (Å²) < 4.78 is 5.35. The predicted octanol–water partition coefficient (Wildman–Crippen LogP) is 2.29. The lowest BCUT2D eigenvalue weighted by atomic mass is 10.0. The van der Waals surface area contributed by atoms with Crippen LogP contribution < -0.4 is 0 Å². The molecule has 0 atom stereocenters. The molecule has 3 heterocycles. The van der Waals surface area contributed by atoms with E-state index in [1.807, 2.05) is 26.0 Å². The van der Waals surface area contributed by atoms with Crippen LogP contribution in [0.3, 0.4) is 0 Å². The number of furan rings is 1. The molecule has 1 aliphatic heterocycles. The average molecular weight is 227 g/mol. The van der Waals surface area contributed by atoms with Crippen molar-refractivity contribution in [3.8, 4) is 0 Å². The second-order valence-corrected chi connectivity index (χ2v) is 4.24. The fraction of sp³-hybridized carbons (Fsp3) is 0.308. The van der Waals surface area contributed by atoms with Gasteiger partial charge in [0.15, 0.2) is 0 Å². The highest BCUT2D eigenvalue weighted by Crippen LogP contribution is 2.24. The van der Waals surface area contributed by atoms with Gasteiger partial charge in [0.25, 0.3) is 0 Å². The number of aromatic nitrogens is 2. The quantitative estimate of drug-likeness (QED) is 0.791. The topological polar surface area (TPSA) is 51.3 Å². The fourth-order valence-corrected chi connectivity index (χ4v) is 2.26. The Kier molecular flexibility index (Phi) is 2.28. The van der Waals surface area contributed by atoms with Crippen molar-refractivity contribution in [1.29, 1.82) is 0 Å². The third kappa shape index (κ3) is 1.65. The molecule has 1 aliphatic rings. The highest BCUT2D eigenvalue weighted by molar-refractivity contribution is 6.02. The molecule has 0 fully saturated rings. The fourth-order valence-electron chi connectivity index (χ4n) is 2.26. The van der Waals surface area contributed by atoms with Crippen molar-refractivity contribution >= 4 is 5.71 Å². The number of hydrogen-bond donors (Lipinski definition) is 0. The van der Waals surface area contributed by atoms with E-state index in [9.17, 15) is 0 Å². The van der Waals surface area contributed by atoms with Crippen LogP contribution >= 0.6 is 0 Å². The lowest BCUT2D eigenvalue weighted by Gasteiger charge is -2.07. The standard InChI is InChI=1S/C13H13N3O/c1-8-13-9(2)15-16-12(11(13)7-14-8)6-10-4-3-5-17-10/h3-5H,6-7H2,1-2H3. The molecule has 0 N–H and O–H groups in total. The van der Waals surface area contributed by atoms with E-state index >= 15 is 0 Å². The highest BCUT2D eigenvalue weighted by Gasteiger charge is 2.21. The molecule has 0 spiro atoms. The van der Waals surface area contributed by atoms with Crippen LogP contribution in [-0.2, 0) is 13.0 Å². The highest BCUT2D eigenvalue weighted by atomic mass is 16.3. The molecule has 0 amide bonds. The van der Waals surface area contributed by atoms with E-state index in [1.165, 1.54) is 11.1 Å². The number of fused-ring (bicyclic) bond motifs is 1. The van der Waals surface area contributed by atoms with Crippen molar-refractivity contribution < 1.29 is 4.42 Å². The monoisotopic (exact) mass is 227 g/mol. The van der Waals surface area contributed by atoms with Crippen LogP contribution in [0.5, 0.6) is 0 Å². The summed E-state index contributed by atoms with van der Waals surface area (Å²) >= 11 is 0. The molecule has 0 aromatic carbocycles. The largest absolute Gasteiger partial charge is 0.469 e. The minimum atomic E-state index is 0.686.